The predicted molar refractivity (Wildman–Crippen MR) is 74.9 cm³/mol. The van der Waals surface area contributed by atoms with Gasteiger partial charge in [0.25, 0.3) is 0 Å². The van der Waals surface area contributed by atoms with Gasteiger partial charge >= 0.3 is 0 Å². The highest BCUT2D eigenvalue weighted by atomic mass is 15.2. The lowest BCUT2D eigenvalue weighted by molar-refractivity contribution is 0.852. The first-order chi connectivity index (χ1) is 8.31. The Morgan fingerprint density at radius 2 is 1.94 bits per heavy atom. The summed E-state index contributed by atoms with van der Waals surface area (Å²) in [5.74, 6) is 1.07. The smallest absolute Gasteiger partial charge is 0.138 e. The van der Waals surface area contributed by atoms with Gasteiger partial charge in [0.1, 0.15) is 5.82 Å². The number of fused-ring (bicyclic) bond motifs is 1. The van der Waals surface area contributed by atoms with Crippen molar-refractivity contribution in [2.45, 2.75) is 13.8 Å². The molecule has 1 aromatic carbocycles. The standard InChI is InChI=1S/C14H19N3/c1-4-17(5-2)14-13-11(9-10-16-14)7-6-8-12(13)15-3/h6-10,15H,4-5H2,1-3H3. The molecule has 0 bridgehead atoms. The summed E-state index contributed by atoms with van der Waals surface area (Å²) in [6, 6.07) is 8.35. The van der Waals surface area contributed by atoms with Gasteiger partial charge < -0.3 is 10.2 Å². The summed E-state index contributed by atoms with van der Waals surface area (Å²) in [4.78, 5) is 6.82. The predicted octanol–water partition coefficient (Wildman–Crippen LogP) is 3.12. The Hall–Kier alpha value is -1.77. The lowest BCUT2D eigenvalue weighted by atomic mass is 10.1. The third kappa shape index (κ3) is 2.05. The fourth-order valence-corrected chi connectivity index (χ4v) is 2.18. The Balaban J connectivity index is 2.70. The van der Waals surface area contributed by atoms with E-state index in [0.29, 0.717) is 0 Å². The number of hydrogen-bond acceptors (Lipinski definition) is 3. The van der Waals surface area contributed by atoms with Crippen molar-refractivity contribution in [2.24, 2.45) is 0 Å². The number of rotatable bonds is 4. The van der Waals surface area contributed by atoms with Crippen molar-refractivity contribution in [3.8, 4) is 0 Å². The zero-order valence-corrected chi connectivity index (χ0v) is 10.7. The highest BCUT2D eigenvalue weighted by Crippen LogP contribution is 2.30. The third-order valence-corrected chi connectivity index (χ3v) is 3.10. The van der Waals surface area contributed by atoms with Crippen molar-refractivity contribution in [3.63, 3.8) is 0 Å². The molecule has 0 spiro atoms. The van der Waals surface area contributed by atoms with E-state index in [1.165, 1.54) is 10.8 Å². The second kappa shape index (κ2) is 5.04. The molecule has 1 heterocycles. The first kappa shape index (κ1) is 11.7. The van der Waals surface area contributed by atoms with Crippen molar-refractivity contribution in [1.29, 1.82) is 0 Å². The van der Waals surface area contributed by atoms with E-state index in [1.54, 1.807) is 0 Å². The Morgan fingerprint density at radius 3 is 2.59 bits per heavy atom. The van der Waals surface area contributed by atoms with Crippen LogP contribution in [0, 0.1) is 0 Å². The molecule has 3 nitrogen and oxygen atoms in total. The Labute approximate surface area is 102 Å². The van der Waals surface area contributed by atoms with E-state index >= 15 is 0 Å². The molecule has 0 aliphatic heterocycles. The number of pyridine rings is 1. The molecule has 1 N–H and O–H groups in total. The minimum atomic E-state index is 0.973. The normalized spacial score (nSPS) is 10.5. The monoisotopic (exact) mass is 229 g/mol. The zero-order chi connectivity index (χ0) is 12.3. The molecule has 0 radical (unpaired) electrons. The van der Waals surface area contributed by atoms with Gasteiger partial charge in [0.2, 0.25) is 0 Å². The van der Waals surface area contributed by atoms with Gasteiger partial charge in [0, 0.05) is 37.4 Å². The number of hydrogen-bond donors (Lipinski definition) is 1. The summed E-state index contributed by atoms with van der Waals surface area (Å²) >= 11 is 0. The van der Waals surface area contributed by atoms with Gasteiger partial charge in [-0.05, 0) is 31.4 Å². The average Bonchev–Trinajstić information content (AvgIpc) is 2.39. The van der Waals surface area contributed by atoms with Gasteiger partial charge in [0.05, 0.1) is 0 Å². The Kier molecular flexibility index (Phi) is 3.47. The van der Waals surface area contributed by atoms with Crippen LogP contribution in [0.5, 0.6) is 0 Å². The summed E-state index contributed by atoms with van der Waals surface area (Å²) in [5.41, 5.74) is 1.14. The first-order valence-electron chi connectivity index (χ1n) is 6.12. The average molecular weight is 229 g/mol. The van der Waals surface area contributed by atoms with Gasteiger partial charge in [0.15, 0.2) is 0 Å². The van der Waals surface area contributed by atoms with Crippen LogP contribution in [-0.2, 0) is 0 Å². The number of nitrogens with zero attached hydrogens (tertiary/aromatic N) is 2. The fraction of sp³-hybridized carbons (Fsp3) is 0.357. The van der Waals surface area contributed by atoms with Crippen molar-refractivity contribution >= 4 is 22.3 Å². The van der Waals surface area contributed by atoms with Crippen molar-refractivity contribution < 1.29 is 0 Å². The van der Waals surface area contributed by atoms with Crippen LogP contribution in [0.15, 0.2) is 30.5 Å². The number of anilines is 2. The van der Waals surface area contributed by atoms with Crippen LogP contribution in [0.2, 0.25) is 0 Å². The first-order valence-corrected chi connectivity index (χ1v) is 6.12. The largest absolute Gasteiger partial charge is 0.388 e. The van der Waals surface area contributed by atoms with Crippen LogP contribution in [0.3, 0.4) is 0 Å². The summed E-state index contributed by atoms with van der Waals surface area (Å²) in [6.07, 6.45) is 1.88. The van der Waals surface area contributed by atoms with Crippen LogP contribution < -0.4 is 10.2 Å². The van der Waals surface area contributed by atoms with E-state index in [4.69, 9.17) is 0 Å². The quantitative estimate of drug-likeness (QED) is 0.873. The van der Waals surface area contributed by atoms with Crippen LogP contribution in [0.25, 0.3) is 10.8 Å². The minimum Gasteiger partial charge on any atom is -0.388 e. The molecule has 0 saturated carbocycles. The van der Waals surface area contributed by atoms with E-state index in [0.717, 1.165) is 24.6 Å². The maximum Gasteiger partial charge on any atom is 0.138 e. The van der Waals surface area contributed by atoms with Crippen LogP contribution in [-0.4, -0.2) is 25.1 Å². The van der Waals surface area contributed by atoms with E-state index in [1.807, 2.05) is 13.2 Å². The van der Waals surface area contributed by atoms with Crippen molar-refractivity contribution in [1.82, 2.24) is 4.98 Å². The van der Waals surface area contributed by atoms with E-state index in [-0.39, 0.29) is 0 Å². The van der Waals surface area contributed by atoms with E-state index in [2.05, 4.69) is 53.3 Å². The SMILES string of the molecule is CCN(CC)c1nccc2cccc(NC)c12. The molecule has 0 saturated heterocycles. The lowest BCUT2D eigenvalue weighted by Gasteiger charge is -2.22. The molecule has 0 atom stereocenters. The summed E-state index contributed by atoms with van der Waals surface area (Å²) < 4.78 is 0. The van der Waals surface area contributed by atoms with Crippen LogP contribution in [0.4, 0.5) is 11.5 Å². The van der Waals surface area contributed by atoms with E-state index in [9.17, 15) is 0 Å². The molecule has 2 rings (SSSR count). The summed E-state index contributed by atoms with van der Waals surface area (Å²) in [7, 11) is 1.95. The second-order valence-corrected chi connectivity index (χ2v) is 3.96. The molecule has 0 aliphatic carbocycles. The van der Waals surface area contributed by atoms with Crippen molar-refractivity contribution in [2.75, 3.05) is 30.4 Å². The molecular weight excluding hydrogens is 210 g/mol. The maximum atomic E-state index is 4.54. The van der Waals surface area contributed by atoms with E-state index < -0.39 is 0 Å². The van der Waals surface area contributed by atoms with Gasteiger partial charge in [-0.15, -0.1) is 0 Å². The summed E-state index contributed by atoms with van der Waals surface area (Å²) in [5, 5.41) is 5.69. The van der Waals surface area contributed by atoms with Crippen LogP contribution in [0.1, 0.15) is 13.8 Å². The number of aromatic nitrogens is 1. The van der Waals surface area contributed by atoms with Crippen molar-refractivity contribution in [3.05, 3.63) is 30.5 Å². The van der Waals surface area contributed by atoms with Gasteiger partial charge in [-0.25, -0.2) is 4.98 Å². The summed E-state index contributed by atoms with van der Waals surface area (Å²) in [6.45, 7) is 6.26. The molecule has 0 aliphatic rings. The number of benzene rings is 1. The second-order valence-electron chi connectivity index (χ2n) is 3.96. The molecule has 0 unspecified atom stereocenters. The number of nitrogens with one attached hydrogen (secondary N) is 1. The third-order valence-electron chi connectivity index (χ3n) is 3.10. The Morgan fingerprint density at radius 1 is 1.18 bits per heavy atom. The molecule has 0 amide bonds. The molecule has 1 aromatic heterocycles. The lowest BCUT2D eigenvalue weighted by Crippen LogP contribution is -2.23. The highest BCUT2D eigenvalue weighted by molar-refractivity contribution is 6.01. The van der Waals surface area contributed by atoms with Gasteiger partial charge in [-0.1, -0.05) is 12.1 Å². The van der Waals surface area contributed by atoms with Crippen LogP contribution >= 0.6 is 0 Å². The highest BCUT2D eigenvalue weighted by Gasteiger charge is 2.10. The minimum absolute atomic E-state index is 0.973. The topological polar surface area (TPSA) is 28.2 Å². The molecule has 0 fully saturated rings. The molecule has 17 heavy (non-hydrogen) atoms. The molecule has 2 aromatic rings. The molecule has 90 valence electrons. The zero-order valence-electron chi connectivity index (χ0n) is 10.7. The Bertz CT molecular complexity index is 499. The van der Waals surface area contributed by atoms with Gasteiger partial charge in [-0.2, -0.15) is 0 Å². The van der Waals surface area contributed by atoms with Gasteiger partial charge in [-0.3, -0.25) is 0 Å². The maximum absolute atomic E-state index is 4.54. The molecule has 3 heteroatoms. The molecular formula is C14H19N3. The fourth-order valence-electron chi connectivity index (χ4n) is 2.18.